The average molecular weight is 439 g/mol. The Morgan fingerprint density at radius 2 is 1.72 bits per heavy atom. The molecule has 2 rings (SSSR count). The number of anilines is 1. The van der Waals surface area contributed by atoms with Crippen LogP contribution in [0.3, 0.4) is 0 Å². The highest BCUT2D eigenvalue weighted by molar-refractivity contribution is 7.92. The number of ether oxygens (including phenoxy) is 1. The minimum Gasteiger partial charge on any atom is -0.497 e. The van der Waals surface area contributed by atoms with Crippen LogP contribution in [0.25, 0.3) is 0 Å². The molecule has 0 heterocycles. The molecule has 0 saturated carbocycles. The number of methoxy groups -OCH3 is 1. The van der Waals surface area contributed by atoms with E-state index >= 15 is 0 Å². The first kappa shape index (κ1) is 23.0. The summed E-state index contributed by atoms with van der Waals surface area (Å²) in [6.07, 6.45) is 3.55. The molecule has 0 aliphatic rings. The zero-order valence-electron chi connectivity index (χ0n) is 16.7. The predicted molar refractivity (Wildman–Crippen MR) is 117 cm³/mol. The van der Waals surface area contributed by atoms with Crippen LogP contribution in [0.1, 0.15) is 24.8 Å². The number of rotatable bonds is 11. The van der Waals surface area contributed by atoms with E-state index in [0.29, 0.717) is 29.4 Å². The van der Waals surface area contributed by atoms with Crippen LogP contribution < -0.4 is 14.4 Å². The summed E-state index contributed by atoms with van der Waals surface area (Å²) in [5, 5.41) is 3.59. The van der Waals surface area contributed by atoms with Crippen molar-refractivity contribution in [3.05, 3.63) is 59.1 Å². The molecule has 1 N–H and O–H groups in total. The lowest BCUT2D eigenvalue weighted by atomic mass is 10.1. The fourth-order valence-corrected chi connectivity index (χ4v) is 3.97. The number of nitrogens with one attached hydrogen (secondary N) is 1. The lowest BCUT2D eigenvalue weighted by Crippen LogP contribution is -2.32. The van der Waals surface area contributed by atoms with Gasteiger partial charge in [-0.05, 0) is 61.2 Å². The highest BCUT2D eigenvalue weighted by Gasteiger charge is 2.17. The number of halogens is 1. The van der Waals surface area contributed by atoms with Crippen molar-refractivity contribution in [2.45, 2.75) is 25.7 Å². The van der Waals surface area contributed by atoms with E-state index < -0.39 is 10.0 Å². The van der Waals surface area contributed by atoms with E-state index in [1.165, 1.54) is 9.87 Å². The van der Waals surface area contributed by atoms with E-state index in [-0.39, 0.29) is 18.9 Å². The summed E-state index contributed by atoms with van der Waals surface area (Å²) < 4.78 is 30.6. The van der Waals surface area contributed by atoms with Gasteiger partial charge in [-0.3, -0.25) is 9.10 Å². The molecule has 29 heavy (non-hydrogen) atoms. The summed E-state index contributed by atoms with van der Waals surface area (Å²) in [6.45, 7) is 0.819. The second-order valence-corrected chi connectivity index (χ2v) is 9.06. The molecule has 0 aromatic heterocycles. The summed E-state index contributed by atoms with van der Waals surface area (Å²) >= 11 is 5.86. The number of benzene rings is 2. The van der Waals surface area contributed by atoms with E-state index in [4.69, 9.17) is 16.3 Å². The SMILES string of the molecule is COc1ccc(N(CCCC(=O)NCCCc2ccc(Cl)cc2)S(C)(=O)=O)cc1. The van der Waals surface area contributed by atoms with Crippen LogP contribution in [0, 0.1) is 0 Å². The Hall–Kier alpha value is -2.25. The molecule has 0 bridgehead atoms. The number of carbonyl (C=O) groups is 1. The van der Waals surface area contributed by atoms with Crippen LogP contribution >= 0.6 is 11.6 Å². The lowest BCUT2D eigenvalue weighted by molar-refractivity contribution is -0.121. The summed E-state index contributed by atoms with van der Waals surface area (Å²) in [6, 6.07) is 14.5. The number of hydrogen-bond acceptors (Lipinski definition) is 4. The minimum atomic E-state index is -3.44. The number of nitrogens with zero attached hydrogens (tertiary/aromatic N) is 1. The van der Waals surface area contributed by atoms with Gasteiger partial charge in [-0.2, -0.15) is 0 Å². The lowest BCUT2D eigenvalue weighted by Gasteiger charge is -2.22. The standard InChI is InChI=1S/C21H27ClN2O4S/c1-28-20-13-11-19(12-14-20)24(29(2,26)27)16-4-6-21(25)23-15-3-5-17-7-9-18(22)10-8-17/h7-14H,3-6,15-16H2,1-2H3,(H,23,25). The topological polar surface area (TPSA) is 75.7 Å². The van der Waals surface area contributed by atoms with Crippen molar-refractivity contribution in [2.24, 2.45) is 0 Å². The van der Waals surface area contributed by atoms with Crippen molar-refractivity contribution in [2.75, 3.05) is 30.8 Å². The minimum absolute atomic E-state index is 0.0794. The van der Waals surface area contributed by atoms with Gasteiger partial charge < -0.3 is 10.1 Å². The first-order valence-corrected chi connectivity index (χ1v) is 11.6. The normalized spacial score (nSPS) is 11.1. The Labute approximate surface area is 177 Å². The molecule has 0 aliphatic heterocycles. The number of aryl methyl sites for hydroxylation is 1. The van der Waals surface area contributed by atoms with Gasteiger partial charge in [0.05, 0.1) is 19.1 Å². The van der Waals surface area contributed by atoms with Gasteiger partial charge in [-0.1, -0.05) is 23.7 Å². The van der Waals surface area contributed by atoms with Gasteiger partial charge in [0.15, 0.2) is 0 Å². The van der Waals surface area contributed by atoms with Gasteiger partial charge in [-0.25, -0.2) is 8.42 Å². The van der Waals surface area contributed by atoms with E-state index in [9.17, 15) is 13.2 Å². The quantitative estimate of drug-likeness (QED) is 0.543. The summed E-state index contributed by atoms with van der Waals surface area (Å²) in [4.78, 5) is 12.0. The first-order valence-electron chi connectivity index (χ1n) is 9.42. The third kappa shape index (κ3) is 7.95. The molecule has 0 aliphatic carbocycles. The molecule has 0 radical (unpaired) electrons. The second-order valence-electron chi connectivity index (χ2n) is 6.72. The molecule has 1 amide bonds. The molecule has 8 heteroatoms. The van der Waals surface area contributed by atoms with Crippen molar-refractivity contribution in [3.63, 3.8) is 0 Å². The Morgan fingerprint density at radius 1 is 1.07 bits per heavy atom. The maximum atomic E-state index is 12.1. The molecule has 2 aromatic carbocycles. The second kappa shape index (κ2) is 11.1. The molecule has 0 unspecified atom stereocenters. The van der Waals surface area contributed by atoms with Crippen molar-refractivity contribution in [1.29, 1.82) is 0 Å². The number of carbonyl (C=O) groups excluding carboxylic acids is 1. The third-order valence-corrected chi connectivity index (χ3v) is 5.85. The number of amides is 1. The Kier molecular flexibility index (Phi) is 8.79. The molecular formula is C21H27ClN2O4S. The number of hydrogen-bond donors (Lipinski definition) is 1. The van der Waals surface area contributed by atoms with Gasteiger partial charge in [0.25, 0.3) is 0 Å². The number of sulfonamides is 1. The van der Waals surface area contributed by atoms with Crippen molar-refractivity contribution in [3.8, 4) is 5.75 Å². The smallest absolute Gasteiger partial charge is 0.232 e. The van der Waals surface area contributed by atoms with E-state index in [2.05, 4.69) is 5.32 Å². The highest BCUT2D eigenvalue weighted by Crippen LogP contribution is 2.22. The molecule has 6 nitrogen and oxygen atoms in total. The van der Waals surface area contributed by atoms with Crippen molar-refractivity contribution >= 4 is 33.2 Å². The molecule has 0 atom stereocenters. The maximum Gasteiger partial charge on any atom is 0.232 e. The van der Waals surface area contributed by atoms with E-state index in [0.717, 1.165) is 19.1 Å². The van der Waals surface area contributed by atoms with Crippen LogP contribution in [0.2, 0.25) is 5.02 Å². The van der Waals surface area contributed by atoms with Crippen LogP contribution in [-0.2, 0) is 21.2 Å². The van der Waals surface area contributed by atoms with Crippen LogP contribution in [0.5, 0.6) is 5.75 Å². The van der Waals surface area contributed by atoms with Gasteiger partial charge in [-0.15, -0.1) is 0 Å². The monoisotopic (exact) mass is 438 g/mol. The summed E-state index contributed by atoms with van der Waals surface area (Å²) in [5.41, 5.74) is 1.73. The zero-order valence-corrected chi connectivity index (χ0v) is 18.3. The van der Waals surface area contributed by atoms with Crippen LogP contribution in [0.4, 0.5) is 5.69 Å². The van der Waals surface area contributed by atoms with E-state index in [1.807, 2.05) is 24.3 Å². The van der Waals surface area contributed by atoms with Gasteiger partial charge in [0.1, 0.15) is 5.75 Å². The zero-order chi connectivity index (χ0) is 21.3. The molecular weight excluding hydrogens is 412 g/mol. The van der Waals surface area contributed by atoms with Gasteiger partial charge >= 0.3 is 0 Å². The Morgan fingerprint density at radius 3 is 2.31 bits per heavy atom. The largest absolute Gasteiger partial charge is 0.497 e. The van der Waals surface area contributed by atoms with Crippen molar-refractivity contribution in [1.82, 2.24) is 5.32 Å². The molecule has 0 saturated heterocycles. The summed E-state index contributed by atoms with van der Waals surface area (Å²) in [7, 11) is -1.89. The van der Waals surface area contributed by atoms with E-state index in [1.54, 1.807) is 31.4 Å². The fourth-order valence-electron chi connectivity index (χ4n) is 2.88. The summed E-state index contributed by atoms with van der Waals surface area (Å²) in [5.74, 6) is 0.574. The Bertz CT molecular complexity index is 884. The Balaban J connectivity index is 1.75. The molecule has 158 valence electrons. The fraction of sp³-hybridized carbons (Fsp3) is 0.381. The molecule has 2 aromatic rings. The van der Waals surface area contributed by atoms with Crippen molar-refractivity contribution < 1.29 is 17.9 Å². The average Bonchev–Trinajstić information content (AvgIpc) is 2.69. The molecule has 0 spiro atoms. The van der Waals surface area contributed by atoms with Gasteiger partial charge in [0.2, 0.25) is 15.9 Å². The van der Waals surface area contributed by atoms with Crippen LogP contribution in [-0.4, -0.2) is 40.8 Å². The molecule has 0 fully saturated rings. The first-order chi connectivity index (χ1) is 13.8. The third-order valence-electron chi connectivity index (χ3n) is 4.40. The van der Waals surface area contributed by atoms with Crippen LogP contribution in [0.15, 0.2) is 48.5 Å². The highest BCUT2D eigenvalue weighted by atomic mass is 35.5. The maximum absolute atomic E-state index is 12.1. The van der Waals surface area contributed by atoms with Gasteiger partial charge in [0, 0.05) is 24.5 Å². The predicted octanol–water partition coefficient (Wildman–Crippen LogP) is 3.64.